The minimum atomic E-state index is 0.202. The molecule has 1 aliphatic rings. The maximum absolute atomic E-state index is 3.80. The van der Waals surface area contributed by atoms with E-state index in [9.17, 15) is 0 Å². The van der Waals surface area contributed by atoms with E-state index in [4.69, 9.17) is 0 Å². The fourth-order valence-electron chi connectivity index (χ4n) is 2.68. The van der Waals surface area contributed by atoms with Gasteiger partial charge in [0, 0.05) is 27.8 Å². The second kappa shape index (κ2) is 5.92. The molecule has 1 nitrogen and oxygen atoms in total. The van der Waals surface area contributed by atoms with Crippen molar-refractivity contribution in [1.29, 1.82) is 0 Å². The van der Waals surface area contributed by atoms with Crippen LogP contribution in [0.4, 0.5) is 0 Å². The van der Waals surface area contributed by atoms with Crippen LogP contribution in [-0.4, -0.2) is 12.3 Å². The van der Waals surface area contributed by atoms with E-state index in [1.165, 1.54) is 27.5 Å². The Kier molecular flexibility index (Phi) is 4.20. The SMILES string of the molecule is CC(C)(CNC1CCSc2ccccc21)c1cccs1. The van der Waals surface area contributed by atoms with Crippen LogP contribution in [0, 0.1) is 0 Å². The molecule has 0 radical (unpaired) electrons. The Morgan fingerprint density at radius 3 is 2.85 bits per heavy atom. The van der Waals surface area contributed by atoms with E-state index >= 15 is 0 Å². The molecule has 2 heterocycles. The lowest BCUT2D eigenvalue weighted by atomic mass is 9.90. The largest absolute Gasteiger partial charge is 0.309 e. The van der Waals surface area contributed by atoms with Gasteiger partial charge in [-0.1, -0.05) is 38.1 Å². The van der Waals surface area contributed by atoms with E-state index in [0.717, 1.165) is 6.54 Å². The molecule has 3 heteroatoms. The summed E-state index contributed by atoms with van der Waals surface area (Å²) < 4.78 is 0. The van der Waals surface area contributed by atoms with Crippen LogP contribution in [0.1, 0.15) is 36.8 Å². The monoisotopic (exact) mass is 303 g/mol. The lowest BCUT2D eigenvalue weighted by Gasteiger charge is -2.31. The van der Waals surface area contributed by atoms with Crippen molar-refractivity contribution in [3.8, 4) is 0 Å². The second-order valence-electron chi connectivity index (χ2n) is 5.97. The Labute approximate surface area is 129 Å². The Morgan fingerprint density at radius 2 is 2.05 bits per heavy atom. The van der Waals surface area contributed by atoms with E-state index in [0.29, 0.717) is 6.04 Å². The first-order valence-corrected chi connectivity index (χ1v) is 9.02. The summed E-state index contributed by atoms with van der Waals surface area (Å²) in [5.41, 5.74) is 1.68. The quantitative estimate of drug-likeness (QED) is 0.866. The lowest BCUT2D eigenvalue weighted by molar-refractivity contribution is 0.417. The van der Waals surface area contributed by atoms with Crippen molar-refractivity contribution < 1.29 is 0 Å². The average molecular weight is 303 g/mol. The van der Waals surface area contributed by atoms with Gasteiger partial charge in [-0.15, -0.1) is 23.1 Å². The fourth-order valence-corrected chi connectivity index (χ4v) is 4.66. The van der Waals surface area contributed by atoms with Crippen molar-refractivity contribution in [3.63, 3.8) is 0 Å². The number of benzene rings is 1. The number of nitrogens with one attached hydrogen (secondary N) is 1. The Hall–Kier alpha value is -0.770. The highest BCUT2D eigenvalue weighted by Gasteiger charge is 2.25. The van der Waals surface area contributed by atoms with Gasteiger partial charge < -0.3 is 5.32 Å². The average Bonchev–Trinajstić information content (AvgIpc) is 3.00. The molecule has 1 aliphatic heterocycles. The lowest BCUT2D eigenvalue weighted by Crippen LogP contribution is -2.35. The molecule has 1 N–H and O–H groups in total. The molecule has 0 amide bonds. The Morgan fingerprint density at radius 1 is 1.20 bits per heavy atom. The van der Waals surface area contributed by atoms with Gasteiger partial charge >= 0.3 is 0 Å². The maximum Gasteiger partial charge on any atom is 0.0339 e. The molecule has 20 heavy (non-hydrogen) atoms. The van der Waals surface area contributed by atoms with Gasteiger partial charge in [0.15, 0.2) is 0 Å². The molecule has 0 saturated carbocycles. The van der Waals surface area contributed by atoms with Crippen LogP contribution >= 0.6 is 23.1 Å². The normalized spacial score (nSPS) is 18.8. The minimum Gasteiger partial charge on any atom is -0.309 e. The molecule has 3 rings (SSSR count). The zero-order valence-corrected chi connectivity index (χ0v) is 13.7. The molecular weight excluding hydrogens is 282 g/mol. The van der Waals surface area contributed by atoms with Crippen molar-refractivity contribution in [2.45, 2.75) is 36.6 Å². The molecule has 0 bridgehead atoms. The predicted octanol–water partition coefficient (Wildman–Crippen LogP) is 4.85. The van der Waals surface area contributed by atoms with Gasteiger partial charge in [0.25, 0.3) is 0 Å². The van der Waals surface area contributed by atoms with Crippen molar-refractivity contribution in [2.24, 2.45) is 0 Å². The first kappa shape index (κ1) is 14.2. The zero-order valence-electron chi connectivity index (χ0n) is 12.1. The third-order valence-corrected chi connectivity index (χ3v) is 6.30. The molecule has 1 aromatic carbocycles. The fraction of sp³-hybridized carbons (Fsp3) is 0.412. The smallest absolute Gasteiger partial charge is 0.0339 e. The summed E-state index contributed by atoms with van der Waals surface area (Å²) in [5.74, 6) is 1.22. The summed E-state index contributed by atoms with van der Waals surface area (Å²) in [6, 6.07) is 13.7. The zero-order chi connectivity index (χ0) is 14.0. The first-order chi connectivity index (χ1) is 9.67. The topological polar surface area (TPSA) is 12.0 Å². The van der Waals surface area contributed by atoms with Crippen LogP contribution in [0.5, 0.6) is 0 Å². The number of hydrogen-bond donors (Lipinski definition) is 1. The third-order valence-electron chi connectivity index (χ3n) is 3.94. The van der Waals surface area contributed by atoms with Crippen molar-refractivity contribution in [2.75, 3.05) is 12.3 Å². The van der Waals surface area contributed by atoms with Gasteiger partial charge in [-0.2, -0.15) is 0 Å². The van der Waals surface area contributed by atoms with Crippen LogP contribution < -0.4 is 5.32 Å². The van der Waals surface area contributed by atoms with Gasteiger partial charge in [0.1, 0.15) is 0 Å². The van der Waals surface area contributed by atoms with Crippen LogP contribution in [0.3, 0.4) is 0 Å². The van der Waals surface area contributed by atoms with Crippen LogP contribution in [0.2, 0.25) is 0 Å². The number of hydrogen-bond acceptors (Lipinski definition) is 3. The summed E-state index contributed by atoms with van der Waals surface area (Å²) in [7, 11) is 0. The molecule has 0 aliphatic carbocycles. The van der Waals surface area contributed by atoms with Crippen molar-refractivity contribution in [1.82, 2.24) is 5.32 Å². The molecule has 1 unspecified atom stereocenters. The molecular formula is C17H21NS2. The molecule has 0 fully saturated rings. The summed E-state index contributed by atoms with van der Waals surface area (Å²) in [6.07, 6.45) is 1.22. The number of rotatable bonds is 4. The number of fused-ring (bicyclic) bond motifs is 1. The number of thiophene rings is 1. The molecule has 106 valence electrons. The highest BCUT2D eigenvalue weighted by molar-refractivity contribution is 7.99. The Balaban J connectivity index is 1.71. The van der Waals surface area contributed by atoms with Gasteiger partial charge in [0.2, 0.25) is 0 Å². The summed E-state index contributed by atoms with van der Waals surface area (Å²) in [6.45, 7) is 5.68. The predicted molar refractivity (Wildman–Crippen MR) is 89.9 cm³/mol. The molecule has 2 aromatic rings. The molecule has 0 spiro atoms. The highest BCUT2D eigenvalue weighted by atomic mass is 32.2. The molecule has 1 atom stereocenters. The van der Waals surface area contributed by atoms with E-state index in [2.05, 4.69) is 60.9 Å². The second-order valence-corrected chi connectivity index (χ2v) is 8.05. The summed E-state index contributed by atoms with van der Waals surface area (Å²) in [5, 5.41) is 5.97. The van der Waals surface area contributed by atoms with Gasteiger partial charge in [-0.05, 0) is 35.2 Å². The molecule has 0 saturated heterocycles. The summed E-state index contributed by atoms with van der Waals surface area (Å²) in [4.78, 5) is 2.91. The maximum atomic E-state index is 3.80. The van der Waals surface area contributed by atoms with Crippen molar-refractivity contribution in [3.05, 3.63) is 52.2 Å². The van der Waals surface area contributed by atoms with Gasteiger partial charge in [0.05, 0.1) is 0 Å². The van der Waals surface area contributed by atoms with Crippen LogP contribution in [0.15, 0.2) is 46.7 Å². The summed E-state index contributed by atoms with van der Waals surface area (Å²) >= 11 is 3.84. The Bertz CT molecular complexity index is 560. The van der Waals surface area contributed by atoms with Crippen LogP contribution in [-0.2, 0) is 5.41 Å². The standard InChI is InChI=1S/C17H21NS2/c1-17(2,16-8-5-10-20-16)12-18-14-9-11-19-15-7-4-3-6-13(14)15/h3-8,10,14,18H,9,11-12H2,1-2H3. The third kappa shape index (κ3) is 2.95. The van der Waals surface area contributed by atoms with Gasteiger partial charge in [-0.25, -0.2) is 0 Å². The first-order valence-electron chi connectivity index (χ1n) is 7.16. The van der Waals surface area contributed by atoms with Crippen molar-refractivity contribution >= 4 is 23.1 Å². The molecule has 1 aromatic heterocycles. The minimum absolute atomic E-state index is 0.202. The highest BCUT2D eigenvalue weighted by Crippen LogP contribution is 2.36. The van der Waals surface area contributed by atoms with E-state index in [-0.39, 0.29) is 5.41 Å². The van der Waals surface area contributed by atoms with Crippen LogP contribution in [0.25, 0.3) is 0 Å². The van der Waals surface area contributed by atoms with E-state index in [1.807, 2.05) is 23.1 Å². The van der Waals surface area contributed by atoms with E-state index < -0.39 is 0 Å². The number of thioether (sulfide) groups is 1. The van der Waals surface area contributed by atoms with Gasteiger partial charge in [-0.3, -0.25) is 0 Å². The van der Waals surface area contributed by atoms with E-state index in [1.54, 1.807) is 0 Å².